The standard InChI is InChI=1S/C11H15N3/c1-3-12-6-10-7-13-11-5-4-9(2)8-14(10)11/h4-5,7-8,12H,3,6H2,1-2H3. The molecule has 0 bridgehead atoms. The van der Waals surface area contributed by atoms with Gasteiger partial charge in [0.05, 0.1) is 11.9 Å². The summed E-state index contributed by atoms with van der Waals surface area (Å²) in [5.74, 6) is 0. The van der Waals surface area contributed by atoms with Crippen LogP contribution in [-0.2, 0) is 6.54 Å². The summed E-state index contributed by atoms with van der Waals surface area (Å²) in [5.41, 5.74) is 3.49. The molecule has 0 saturated carbocycles. The lowest BCUT2D eigenvalue weighted by molar-refractivity contribution is 0.705. The Morgan fingerprint density at radius 3 is 3.07 bits per heavy atom. The molecule has 2 heterocycles. The summed E-state index contributed by atoms with van der Waals surface area (Å²) in [6, 6.07) is 4.13. The minimum absolute atomic E-state index is 0.876. The molecule has 2 rings (SSSR count). The second kappa shape index (κ2) is 3.80. The molecule has 0 aliphatic heterocycles. The summed E-state index contributed by atoms with van der Waals surface area (Å²) >= 11 is 0. The quantitative estimate of drug-likeness (QED) is 0.797. The predicted octanol–water partition coefficient (Wildman–Crippen LogP) is 1.75. The summed E-state index contributed by atoms with van der Waals surface area (Å²) in [6.45, 7) is 6.06. The van der Waals surface area contributed by atoms with Crippen LogP contribution in [0.5, 0.6) is 0 Å². The zero-order valence-electron chi connectivity index (χ0n) is 8.62. The molecule has 0 spiro atoms. The van der Waals surface area contributed by atoms with Gasteiger partial charge in [0, 0.05) is 12.7 Å². The van der Waals surface area contributed by atoms with E-state index in [1.54, 1.807) is 0 Å². The highest BCUT2D eigenvalue weighted by Gasteiger charge is 2.01. The number of nitrogens with zero attached hydrogens (tertiary/aromatic N) is 2. The maximum atomic E-state index is 4.34. The lowest BCUT2D eigenvalue weighted by Crippen LogP contribution is -2.13. The van der Waals surface area contributed by atoms with Crippen LogP contribution in [-0.4, -0.2) is 15.9 Å². The fourth-order valence-corrected chi connectivity index (χ4v) is 1.52. The fraction of sp³-hybridized carbons (Fsp3) is 0.364. The summed E-state index contributed by atoms with van der Waals surface area (Å²) in [6.07, 6.45) is 4.05. The molecule has 0 aliphatic carbocycles. The number of imidazole rings is 1. The number of hydrogen-bond donors (Lipinski definition) is 1. The summed E-state index contributed by atoms with van der Waals surface area (Å²) < 4.78 is 2.14. The number of nitrogens with one attached hydrogen (secondary N) is 1. The van der Waals surface area contributed by atoms with Crippen molar-refractivity contribution in [3.05, 3.63) is 35.8 Å². The normalized spacial score (nSPS) is 11.0. The first-order chi connectivity index (χ1) is 6.81. The Balaban J connectivity index is 2.40. The lowest BCUT2D eigenvalue weighted by Gasteiger charge is -2.02. The molecule has 0 radical (unpaired) electrons. The minimum atomic E-state index is 0.876. The molecule has 0 aliphatic rings. The average Bonchev–Trinajstić information content (AvgIpc) is 2.57. The van der Waals surface area contributed by atoms with Gasteiger partial charge in [-0.05, 0) is 25.1 Å². The fourth-order valence-electron chi connectivity index (χ4n) is 1.52. The van der Waals surface area contributed by atoms with Crippen LogP contribution in [0.25, 0.3) is 5.65 Å². The summed E-state index contributed by atoms with van der Waals surface area (Å²) in [4.78, 5) is 4.34. The first-order valence-corrected chi connectivity index (χ1v) is 4.94. The average molecular weight is 189 g/mol. The highest BCUT2D eigenvalue weighted by molar-refractivity contribution is 5.41. The monoisotopic (exact) mass is 189 g/mol. The van der Waals surface area contributed by atoms with Gasteiger partial charge in [0.15, 0.2) is 0 Å². The van der Waals surface area contributed by atoms with Crippen molar-refractivity contribution in [2.24, 2.45) is 0 Å². The SMILES string of the molecule is CCNCc1cnc2ccc(C)cn12. The zero-order chi connectivity index (χ0) is 9.97. The van der Waals surface area contributed by atoms with Gasteiger partial charge in [-0.25, -0.2) is 4.98 Å². The molecule has 0 amide bonds. The number of fused-ring (bicyclic) bond motifs is 1. The van der Waals surface area contributed by atoms with Gasteiger partial charge in [-0.1, -0.05) is 13.0 Å². The molecule has 0 atom stereocenters. The third-order valence-corrected chi connectivity index (χ3v) is 2.29. The van der Waals surface area contributed by atoms with Crippen molar-refractivity contribution < 1.29 is 0 Å². The number of aromatic nitrogens is 2. The highest BCUT2D eigenvalue weighted by atomic mass is 15.0. The first kappa shape index (κ1) is 9.21. The molecule has 2 aromatic heterocycles. The smallest absolute Gasteiger partial charge is 0.136 e. The van der Waals surface area contributed by atoms with Crippen LogP contribution in [0.15, 0.2) is 24.5 Å². The Morgan fingerprint density at radius 1 is 1.43 bits per heavy atom. The first-order valence-electron chi connectivity index (χ1n) is 4.94. The summed E-state index contributed by atoms with van der Waals surface area (Å²) in [7, 11) is 0. The van der Waals surface area contributed by atoms with Gasteiger partial charge in [0.2, 0.25) is 0 Å². The lowest BCUT2D eigenvalue weighted by atomic mass is 10.3. The Bertz CT molecular complexity index is 431. The van der Waals surface area contributed by atoms with Gasteiger partial charge >= 0.3 is 0 Å². The van der Waals surface area contributed by atoms with Crippen molar-refractivity contribution in [3.63, 3.8) is 0 Å². The number of aryl methyl sites for hydroxylation is 1. The van der Waals surface area contributed by atoms with E-state index in [2.05, 4.69) is 40.8 Å². The van der Waals surface area contributed by atoms with Crippen molar-refractivity contribution in [2.45, 2.75) is 20.4 Å². The Morgan fingerprint density at radius 2 is 2.29 bits per heavy atom. The molecule has 3 nitrogen and oxygen atoms in total. The maximum Gasteiger partial charge on any atom is 0.136 e. The maximum absolute atomic E-state index is 4.34. The molecule has 0 fully saturated rings. The van der Waals surface area contributed by atoms with Crippen LogP contribution in [0.2, 0.25) is 0 Å². The van der Waals surface area contributed by atoms with E-state index in [9.17, 15) is 0 Å². The molecular formula is C11H15N3. The van der Waals surface area contributed by atoms with E-state index in [4.69, 9.17) is 0 Å². The van der Waals surface area contributed by atoms with Gasteiger partial charge in [-0.3, -0.25) is 0 Å². The number of pyridine rings is 1. The van der Waals surface area contributed by atoms with Gasteiger partial charge in [0.25, 0.3) is 0 Å². The second-order valence-corrected chi connectivity index (χ2v) is 3.46. The number of rotatable bonds is 3. The van der Waals surface area contributed by atoms with Crippen molar-refractivity contribution in [1.82, 2.24) is 14.7 Å². The van der Waals surface area contributed by atoms with E-state index in [0.29, 0.717) is 0 Å². The van der Waals surface area contributed by atoms with Crippen LogP contribution >= 0.6 is 0 Å². The van der Waals surface area contributed by atoms with Crippen LogP contribution in [0.4, 0.5) is 0 Å². The molecule has 0 saturated heterocycles. The predicted molar refractivity (Wildman–Crippen MR) is 57.3 cm³/mol. The molecule has 1 N–H and O–H groups in total. The van der Waals surface area contributed by atoms with Gasteiger partial charge in [-0.15, -0.1) is 0 Å². The summed E-state index contributed by atoms with van der Waals surface area (Å²) in [5, 5.41) is 3.30. The van der Waals surface area contributed by atoms with Crippen molar-refractivity contribution in [2.75, 3.05) is 6.54 Å². The Hall–Kier alpha value is -1.35. The molecule has 0 unspecified atom stereocenters. The van der Waals surface area contributed by atoms with E-state index >= 15 is 0 Å². The van der Waals surface area contributed by atoms with Crippen LogP contribution in [0.1, 0.15) is 18.2 Å². The molecule has 74 valence electrons. The van der Waals surface area contributed by atoms with Crippen LogP contribution in [0, 0.1) is 6.92 Å². The zero-order valence-corrected chi connectivity index (χ0v) is 8.62. The largest absolute Gasteiger partial charge is 0.311 e. The van der Waals surface area contributed by atoms with Crippen LogP contribution < -0.4 is 5.32 Å². The minimum Gasteiger partial charge on any atom is -0.311 e. The van der Waals surface area contributed by atoms with E-state index in [1.165, 1.54) is 11.3 Å². The Kier molecular flexibility index (Phi) is 2.50. The van der Waals surface area contributed by atoms with Crippen molar-refractivity contribution in [3.8, 4) is 0 Å². The van der Waals surface area contributed by atoms with E-state index < -0.39 is 0 Å². The highest BCUT2D eigenvalue weighted by Crippen LogP contribution is 2.08. The third-order valence-electron chi connectivity index (χ3n) is 2.29. The van der Waals surface area contributed by atoms with E-state index in [0.717, 1.165) is 18.7 Å². The van der Waals surface area contributed by atoms with Gasteiger partial charge < -0.3 is 9.72 Å². The van der Waals surface area contributed by atoms with Gasteiger partial charge in [-0.2, -0.15) is 0 Å². The van der Waals surface area contributed by atoms with E-state index in [1.807, 2.05) is 12.3 Å². The van der Waals surface area contributed by atoms with Crippen LogP contribution in [0.3, 0.4) is 0 Å². The Labute approximate surface area is 83.8 Å². The topological polar surface area (TPSA) is 29.3 Å². The molecule has 14 heavy (non-hydrogen) atoms. The third kappa shape index (κ3) is 1.63. The van der Waals surface area contributed by atoms with Crippen molar-refractivity contribution >= 4 is 5.65 Å². The molecule has 0 aromatic carbocycles. The molecule has 3 heteroatoms. The van der Waals surface area contributed by atoms with E-state index in [-0.39, 0.29) is 0 Å². The molecule has 2 aromatic rings. The van der Waals surface area contributed by atoms with Crippen molar-refractivity contribution in [1.29, 1.82) is 0 Å². The second-order valence-electron chi connectivity index (χ2n) is 3.46. The molecular weight excluding hydrogens is 174 g/mol. The van der Waals surface area contributed by atoms with Gasteiger partial charge in [0.1, 0.15) is 5.65 Å². The number of hydrogen-bond acceptors (Lipinski definition) is 2.